The zero-order chi connectivity index (χ0) is 17.8. The number of aliphatic hydroxyl groups is 1. The number of nitrogens with one attached hydrogen (secondary N) is 1. The molecule has 0 saturated heterocycles. The van der Waals surface area contributed by atoms with Crippen molar-refractivity contribution in [2.24, 2.45) is 39.4 Å². The highest BCUT2D eigenvalue weighted by Crippen LogP contribution is 2.64. The molecule has 4 aliphatic carbocycles. The molecule has 4 nitrogen and oxygen atoms in total. The monoisotopic (exact) mass is 361 g/mol. The summed E-state index contributed by atoms with van der Waals surface area (Å²) < 4.78 is 0. The molecule has 4 N–H and O–H groups in total. The standard InChI is InChI=1S/C20H31N3OS/c1-19-9-7-13(24)11-12(19)3-4-14-15-5-6-17(22-23-18(21)25)20(15,2)10-8-16(14)19/h3,13-16,24H,4-11H2,1-2H3,(H3,21,23,25)/b22-17+/t13-,14+,15-,16+,19-,20-/m0/s1. The van der Waals surface area contributed by atoms with Gasteiger partial charge >= 0.3 is 0 Å². The van der Waals surface area contributed by atoms with Crippen LogP contribution < -0.4 is 11.2 Å². The second-order valence-electron chi connectivity index (χ2n) is 9.19. The van der Waals surface area contributed by atoms with Gasteiger partial charge in [-0.1, -0.05) is 25.5 Å². The summed E-state index contributed by atoms with van der Waals surface area (Å²) in [5, 5.41) is 14.9. The number of allylic oxidation sites excluding steroid dienone is 1. The molecule has 0 spiro atoms. The van der Waals surface area contributed by atoms with Crippen LogP contribution in [0.15, 0.2) is 16.8 Å². The number of thiocarbonyl (C=S) groups is 1. The molecule has 6 atom stereocenters. The van der Waals surface area contributed by atoms with Crippen LogP contribution in [-0.2, 0) is 0 Å². The van der Waals surface area contributed by atoms with Crippen LogP contribution in [0, 0.1) is 28.6 Å². The lowest BCUT2D eigenvalue weighted by Crippen LogP contribution is -2.50. The second-order valence-corrected chi connectivity index (χ2v) is 9.63. The Balaban J connectivity index is 1.62. The van der Waals surface area contributed by atoms with Crippen LogP contribution >= 0.6 is 12.2 Å². The summed E-state index contributed by atoms with van der Waals surface area (Å²) in [4.78, 5) is 0. The van der Waals surface area contributed by atoms with E-state index in [9.17, 15) is 5.11 Å². The molecule has 4 rings (SSSR count). The third-order valence-electron chi connectivity index (χ3n) is 8.12. The topological polar surface area (TPSA) is 70.6 Å². The van der Waals surface area contributed by atoms with Gasteiger partial charge in [0.2, 0.25) is 0 Å². The normalized spacial score (nSPS) is 47.5. The molecule has 0 heterocycles. The van der Waals surface area contributed by atoms with Gasteiger partial charge in [-0.3, -0.25) is 5.43 Å². The summed E-state index contributed by atoms with van der Waals surface area (Å²) in [5.41, 5.74) is 11.7. The molecule has 0 aromatic heterocycles. The van der Waals surface area contributed by atoms with E-state index >= 15 is 0 Å². The highest BCUT2D eigenvalue weighted by Gasteiger charge is 2.57. The smallest absolute Gasteiger partial charge is 0.184 e. The molecular weight excluding hydrogens is 330 g/mol. The Bertz CT molecular complexity index is 645. The maximum atomic E-state index is 10.1. The first-order valence-corrected chi connectivity index (χ1v) is 10.3. The third-order valence-corrected chi connectivity index (χ3v) is 8.21. The molecule has 0 aromatic rings. The minimum absolute atomic E-state index is 0.124. The summed E-state index contributed by atoms with van der Waals surface area (Å²) in [5.74, 6) is 2.22. The van der Waals surface area contributed by atoms with Crippen molar-refractivity contribution >= 4 is 23.0 Å². The number of fused-ring (bicyclic) bond motifs is 5. The van der Waals surface area contributed by atoms with Crippen molar-refractivity contribution in [1.29, 1.82) is 0 Å². The number of hydrogen-bond donors (Lipinski definition) is 3. The minimum atomic E-state index is -0.124. The van der Waals surface area contributed by atoms with Gasteiger partial charge in [0, 0.05) is 11.1 Å². The number of aliphatic hydroxyl groups excluding tert-OH is 1. The fourth-order valence-electron chi connectivity index (χ4n) is 6.74. The summed E-state index contributed by atoms with van der Waals surface area (Å²) >= 11 is 4.93. The van der Waals surface area contributed by atoms with E-state index in [4.69, 9.17) is 18.0 Å². The van der Waals surface area contributed by atoms with Gasteiger partial charge in [-0.2, -0.15) is 5.10 Å². The van der Waals surface area contributed by atoms with E-state index in [2.05, 4.69) is 30.5 Å². The molecule has 25 heavy (non-hydrogen) atoms. The van der Waals surface area contributed by atoms with Gasteiger partial charge < -0.3 is 10.8 Å². The Hall–Kier alpha value is -0.940. The molecule has 0 unspecified atom stereocenters. The zero-order valence-electron chi connectivity index (χ0n) is 15.4. The second kappa shape index (κ2) is 6.05. The number of hydrogen-bond acceptors (Lipinski definition) is 3. The van der Waals surface area contributed by atoms with Crippen molar-refractivity contribution in [2.45, 2.75) is 71.3 Å². The van der Waals surface area contributed by atoms with Crippen LogP contribution in [0.3, 0.4) is 0 Å². The van der Waals surface area contributed by atoms with Gasteiger partial charge in [-0.05, 0) is 86.8 Å². The van der Waals surface area contributed by atoms with Crippen LogP contribution in [0.4, 0.5) is 0 Å². The van der Waals surface area contributed by atoms with E-state index < -0.39 is 0 Å². The van der Waals surface area contributed by atoms with Gasteiger partial charge in [0.1, 0.15) is 0 Å². The molecule has 0 aliphatic heterocycles. The van der Waals surface area contributed by atoms with Crippen LogP contribution in [0.1, 0.15) is 65.2 Å². The van der Waals surface area contributed by atoms with Crippen LogP contribution in [-0.4, -0.2) is 22.0 Å². The van der Waals surface area contributed by atoms with Gasteiger partial charge in [-0.15, -0.1) is 0 Å². The Morgan fingerprint density at radius 2 is 1.96 bits per heavy atom. The maximum Gasteiger partial charge on any atom is 0.184 e. The molecule has 138 valence electrons. The van der Waals surface area contributed by atoms with E-state index in [0.717, 1.165) is 37.5 Å². The lowest BCUT2D eigenvalue weighted by Gasteiger charge is -2.57. The molecule has 0 bridgehead atoms. The fraction of sp³-hybridized carbons (Fsp3) is 0.800. The van der Waals surface area contributed by atoms with Gasteiger partial charge in [-0.25, -0.2) is 0 Å². The van der Waals surface area contributed by atoms with Gasteiger partial charge in [0.05, 0.1) is 6.10 Å². The quantitative estimate of drug-likeness (QED) is 0.380. The Labute approximate surface area is 156 Å². The van der Waals surface area contributed by atoms with Crippen molar-refractivity contribution in [2.75, 3.05) is 0 Å². The predicted octanol–water partition coefficient (Wildman–Crippen LogP) is 3.50. The molecule has 0 radical (unpaired) electrons. The number of hydrazone groups is 1. The van der Waals surface area contributed by atoms with Gasteiger partial charge in [0.25, 0.3) is 0 Å². The first-order valence-electron chi connectivity index (χ1n) is 9.84. The van der Waals surface area contributed by atoms with E-state index in [-0.39, 0.29) is 16.6 Å². The highest BCUT2D eigenvalue weighted by molar-refractivity contribution is 7.80. The predicted molar refractivity (Wildman–Crippen MR) is 105 cm³/mol. The van der Waals surface area contributed by atoms with Crippen LogP contribution in [0.5, 0.6) is 0 Å². The van der Waals surface area contributed by atoms with Crippen LogP contribution in [0.25, 0.3) is 0 Å². The highest BCUT2D eigenvalue weighted by atomic mass is 32.1. The molecule has 5 heteroatoms. The maximum absolute atomic E-state index is 10.1. The zero-order valence-corrected chi connectivity index (χ0v) is 16.2. The average molecular weight is 362 g/mol. The number of nitrogens with zero attached hydrogens (tertiary/aromatic N) is 1. The molecule has 0 amide bonds. The fourth-order valence-corrected chi connectivity index (χ4v) is 6.78. The van der Waals surface area contributed by atoms with Crippen molar-refractivity contribution in [3.8, 4) is 0 Å². The third kappa shape index (κ3) is 2.66. The Morgan fingerprint density at radius 3 is 2.72 bits per heavy atom. The van der Waals surface area contributed by atoms with E-state index in [1.807, 2.05) is 0 Å². The van der Waals surface area contributed by atoms with E-state index in [0.29, 0.717) is 11.3 Å². The first kappa shape index (κ1) is 17.5. The van der Waals surface area contributed by atoms with E-state index in [1.165, 1.54) is 37.0 Å². The lowest BCUT2D eigenvalue weighted by atomic mass is 9.48. The van der Waals surface area contributed by atoms with E-state index in [1.54, 1.807) is 0 Å². The molecule has 3 saturated carbocycles. The number of rotatable bonds is 1. The Morgan fingerprint density at radius 1 is 1.24 bits per heavy atom. The Kier molecular flexibility index (Phi) is 4.23. The molecular formula is C20H31N3OS. The molecule has 4 aliphatic rings. The van der Waals surface area contributed by atoms with Gasteiger partial charge in [0.15, 0.2) is 5.11 Å². The average Bonchev–Trinajstić information content (AvgIpc) is 2.90. The summed E-state index contributed by atoms with van der Waals surface area (Å²) in [6.07, 6.45) is 11.3. The number of nitrogens with two attached hydrogens (primary N) is 1. The molecule has 3 fully saturated rings. The SMILES string of the molecule is C[C@]12CC[C@H](O)CC1=CC[C@H]1[C@H]2CC[C@]2(C)/C(=N/NC(N)=S)CC[C@@H]12. The van der Waals surface area contributed by atoms with Crippen molar-refractivity contribution < 1.29 is 5.11 Å². The largest absolute Gasteiger partial charge is 0.393 e. The molecule has 0 aromatic carbocycles. The van der Waals surface area contributed by atoms with Crippen molar-refractivity contribution in [3.63, 3.8) is 0 Å². The lowest BCUT2D eigenvalue weighted by molar-refractivity contribution is -0.0209. The summed E-state index contributed by atoms with van der Waals surface area (Å²) in [6.45, 7) is 4.88. The van der Waals surface area contributed by atoms with Crippen molar-refractivity contribution in [3.05, 3.63) is 11.6 Å². The minimum Gasteiger partial charge on any atom is -0.393 e. The summed E-state index contributed by atoms with van der Waals surface area (Å²) in [6, 6.07) is 0. The van der Waals surface area contributed by atoms with Crippen LogP contribution in [0.2, 0.25) is 0 Å². The van der Waals surface area contributed by atoms with Crippen molar-refractivity contribution in [1.82, 2.24) is 5.43 Å². The summed E-state index contributed by atoms with van der Waals surface area (Å²) in [7, 11) is 0. The first-order chi connectivity index (χ1) is 11.8.